The van der Waals surface area contributed by atoms with Crippen LogP contribution >= 0.6 is 11.6 Å². The highest BCUT2D eigenvalue weighted by Crippen LogP contribution is 2.35. The van der Waals surface area contributed by atoms with Crippen LogP contribution < -0.4 is 5.73 Å². The van der Waals surface area contributed by atoms with Crippen molar-refractivity contribution in [1.29, 1.82) is 0 Å². The van der Waals surface area contributed by atoms with Crippen LogP contribution in [0.1, 0.15) is 57.3 Å². The quantitative estimate of drug-likeness (QED) is 0.898. The molecule has 20 heavy (non-hydrogen) atoms. The Bertz CT molecular complexity index is 617. The average molecular weight is 292 g/mol. The third-order valence-electron chi connectivity index (χ3n) is 4.28. The maximum atomic E-state index is 6.15. The van der Waals surface area contributed by atoms with Crippen LogP contribution in [-0.4, -0.2) is 15.6 Å². The number of imidazole rings is 1. The van der Waals surface area contributed by atoms with E-state index in [-0.39, 0.29) is 0 Å². The maximum absolute atomic E-state index is 6.15. The number of nitrogens with two attached hydrogens (primary N) is 1. The van der Waals surface area contributed by atoms with Crippen molar-refractivity contribution in [2.45, 2.75) is 57.5 Å². The zero-order valence-electron chi connectivity index (χ0n) is 12.1. The van der Waals surface area contributed by atoms with Crippen molar-refractivity contribution < 1.29 is 0 Å². The van der Waals surface area contributed by atoms with Crippen LogP contribution in [0, 0.1) is 0 Å². The van der Waals surface area contributed by atoms with Crippen molar-refractivity contribution in [2.24, 2.45) is 5.73 Å². The molecule has 108 valence electrons. The zero-order valence-corrected chi connectivity index (χ0v) is 12.9. The molecule has 2 aromatic rings. The van der Waals surface area contributed by atoms with Gasteiger partial charge >= 0.3 is 0 Å². The average Bonchev–Trinajstić information content (AvgIpc) is 2.77. The van der Waals surface area contributed by atoms with Gasteiger partial charge in [-0.1, -0.05) is 18.0 Å². The third-order valence-corrected chi connectivity index (χ3v) is 4.51. The molecule has 3 nitrogen and oxygen atoms in total. The summed E-state index contributed by atoms with van der Waals surface area (Å²) in [5.41, 5.74) is 8.33. The molecule has 0 bridgehead atoms. The maximum Gasteiger partial charge on any atom is 0.113 e. The van der Waals surface area contributed by atoms with Gasteiger partial charge in [-0.05, 0) is 51.3 Å². The summed E-state index contributed by atoms with van der Waals surface area (Å²) in [5, 5.41) is 0.748. The van der Waals surface area contributed by atoms with Crippen LogP contribution in [0.2, 0.25) is 5.02 Å². The standard InChI is InChI=1S/C16H22ClN3/c1-10(2)20-15-7-6-12(17)9-14(15)19-16(20)11-4-3-5-13(18)8-11/h6-7,9-11,13H,3-5,8,18H2,1-2H3. The van der Waals surface area contributed by atoms with Gasteiger partial charge in [0.1, 0.15) is 5.82 Å². The van der Waals surface area contributed by atoms with Crippen LogP contribution in [0.5, 0.6) is 0 Å². The normalized spacial score (nSPS) is 23.6. The van der Waals surface area contributed by atoms with Gasteiger partial charge in [0.15, 0.2) is 0 Å². The number of rotatable bonds is 2. The molecule has 1 aliphatic carbocycles. The van der Waals surface area contributed by atoms with E-state index in [9.17, 15) is 0 Å². The Morgan fingerprint density at radius 1 is 1.35 bits per heavy atom. The predicted molar refractivity (Wildman–Crippen MR) is 84.3 cm³/mol. The summed E-state index contributed by atoms with van der Waals surface area (Å²) < 4.78 is 2.36. The first-order valence-corrected chi connectivity index (χ1v) is 7.87. The lowest BCUT2D eigenvalue weighted by molar-refractivity contribution is 0.369. The van der Waals surface area contributed by atoms with E-state index in [0.29, 0.717) is 18.0 Å². The Hall–Kier alpha value is -1.06. The molecule has 1 aromatic carbocycles. The van der Waals surface area contributed by atoms with Crippen molar-refractivity contribution in [3.63, 3.8) is 0 Å². The van der Waals surface area contributed by atoms with Crippen LogP contribution in [0.3, 0.4) is 0 Å². The van der Waals surface area contributed by atoms with Gasteiger partial charge in [0.25, 0.3) is 0 Å². The van der Waals surface area contributed by atoms with E-state index >= 15 is 0 Å². The topological polar surface area (TPSA) is 43.8 Å². The van der Waals surface area contributed by atoms with E-state index in [1.54, 1.807) is 0 Å². The monoisotopic (exact) mass is 291 g/mol. The summed E-state index contributed by atoms with van der Waals surface area (Å²) in [4.78, 5) is 4.88. The smallest absolute Gasteiger partial charge is 0.113 e. The third kappa shape index (κ3) is 2.45. The molecule has 1 aromatic heterocycles. The number of aromatic nitrogens is 2. The molecule has 2 atom stereocenters. The highest BCUT2D eigenvalue weighted by molar-refractivity contribution is 6.31. The van der Waals surface area contributed by atoms with Crippen LogP contribution in [0.15, 0.2) is 18.2 Å². The molecular weight excluding hydrogens is 270 g/mol. The fourth-order valence-electron chi connectivity index (χ4n) is 3.38. The summed E-state index contributed by atoms with van der Waals surface area (Å²) in [6, 6.07) is 6.70. The van der Waals surface area contributed by atoms with Crippen molar-refractivity contribution in [2.75, 3.05) is 0 Å². The van der Waals surface area contributed by atoms with E-state index in [2.05, 4.69) is 24.5 Å². The van der Waals surface area contributed by atoms with E-state index in [4.69, 9.17) is 22.3 Å². The molecule has 0 amide bonds. The van der Waals surface area contributed by atoms with Gasteiger partial charge in [-0.3, -0.25) is 0 Å². The highest BCUT2D eigenvalue weighted by atomic mass is 35.5. The molecule has 0 saturated heterocycles. The molecular formula is C16H22ClN3. The molecule has 1 fully saturated rings. The van der Waals surface area contributed by atoms with Gasteiger partial charge in [0.2, 0.25) is 0 Å². The number of nitrogens with zero attached hydrogens (tertiary/aromatic N) is 2. The first-order chi connectivity index (χ1) is 9.56. The number of fused-ring (bicyclic) bond motifs is 1. The number of hydrogen-bond acceptors (Lipinski definition) is 2. The Kier molecular flexibility index (Phi) is 3.74. The lowest BCUT2D eigenvalue weighted by atomic mass is 9.85. The summed E-state index contributed by atoms with van der Waals surface area (Å²) in [6.07, 6.45) is 4.58. The molecule has 3 rings (SSSR count). The first kappa shape index (κ1) is 13.9. The van der Waals surface area contributed by atoms with Crippen LogP contribution in [0.25, 0.3) is 11.0 Å². The summed E-state index contributed by atoms with van der Waals surface area (Å²) >= 11 is 6.10. The Labute approximate surface area is 125 Å². The first-order valence-electron chi connectivity index (χ1n) is 7.49. The molecule has 2 N–H and O–H groups in total. The minimum atomic E-state index is 0.317. The fourth-order valence-corrected chi connectivity index (χ4v) is 3.55. The number of benzene rings is 1. The van der Waals surface area contributed by atoms with Gasteiger partial charge in [-0.2, -0.15) is 0 Å². The largest absolute Gasteiger partial charge is 0.328 e. The second-order valence-corrected chi connectivity index (χ2v) is 6.63. The molecule has 1 heterocycles. The second kappa shape index (κ2) is 5.38. The Balaban J connectivity index is 2.11. The predicted octanol–water partition coefficient (Wildman–Crippen LogP) is 4.26. The van der Waals surface area contributed by atoms with Gasteiger partial charge < -0.3 is 10.3 Å². The lowest BCUT2D eigenvalue weighted by Gasteiger charge is -2.27. The van der Waals surface area contributed by atoms with E-state index < -0.39 is 0 Å². The van der Waals surface area contributed by atoms with Crippen LogP contribution in [0.4, 0.5) is 0 Å². The second-order valence-electron chi connectivity index (χ2n) is 6.19. The number of hydrogen-bond donors (Lipinski definition) is 1. The molecule has 0 aliphatic heterocycles. The summed E-state index contributed by atoms with van der Waals surface area (Å²) in [7, 11) is 0. The molecule has 0 radical (unpaired) electrons. The minimum Gasteiger partial charge on any atom is -0.328 e. The van der Waals surface area contributed by atoms with Gasteiger partial charge in [-0.25, -0.2) is 4.98 Å². The van der Waals surface area contributed by atoms with Crippen molar-refractivity contribution in [3.05, 3.63) is 29.0 Å². The van der Waals surface area contributed by atoms with Crippen LogP contribution in [-0.2, 0) is 0 Å². The Morgan fingerprint density at radius 3 is 2.85 bits per heavy atom. The lowest BCUT2D eigenvalue weighted by Crippen LogP contribution is -2.28. The van der Waals surface area contributed by atoms with E-state index in [1.807, 2.05) is 12.1 Å². The van der Waals surface area contributed by atoms with E-state index in [1.165, 1.54) is 24.2 Å². The molecule has 1 saturated carbocycles. The summed E-state index contributed by atoms with van der Waals surface area (Å²) in [5.74, 6) is 1.67. The minimum absolute atomic E-state index is 0.317. The SMILES string of the molecule is CC(C)n1c(C2CCCC(N)C2)nc2cc(Cl)ccc21. The fraction of sp³-hybridized carbons (Fsp3) is 0.562. The van der Waals surface area contributed by atoms with Crippen molar-refractivity contribution in [3.8, 4) is 0 Å². The van der Waals surface area contributed by atoms with Gasteiger partial charge in [0, 0.05) is 23.0 Å². The van der Waals surface area contributed by atoms with Gasteiger partial charge in [-0.15, -0.1) is 0 Å². The number of halogens is 1. The Morgan fingerprint density at radius 2 is 2.15 bits per heavy atom. The van der Waals surface area contributed by atoms with Crippen molar-refractivity contribution >= 4 is 22.6 Å². The highest BCUT2D eigenvalue weighted by Gasteiger charge is 2.26. The van der Waals surface area contributed by atoms with Gasteiger partial charge in [0.05, 0.1) is 11.0 Å². The summed E-state index contributed by atoms with van der Waals surface area (Å²) in [6.45, 7) is 4.42. The van der Waals surface area contributed by atoms with E-state index in [0.717, 1.165) is 23.4 Å². The molecule has 4 heteroatoms. The molecule has 2 unspecified atom stereocenters. The zero-order chi connectivity index (χ0) is 14.3. The molecule has 0 spiro atoms. The van der Waals surface area contributed by atoms with Crippen molar-refractivity contribution in [1.82, 2.24) is 9.55 Å². The molecule has 1 aliphatic rings.